The lowest BCUT2D eigenvalue weighted by Crippen LogP contribution is -2.33. The Balaban J connectivity index is 0.00000200. The average molecular weight is 299 g/mol. The number of amides is 1. The first kappa shape index (κ1) is 17.0. The average Bonchev–Trinajstić information content (AvgIpc) is 2.93. The highest BCUT2D eigenvalue weighted by atomic mass is 35.5. The first-order chi connectivity index (χ1) is 9.28. The molecule has 1 amide bonds. The molecule has 112 valence electrons. The number of carbonyl (C=O) groups excluding carboxylic acids is 1. The fourth-order valence-electron chi connectivity index (χ4n) is 2.18. The van der Waals surface area contributed by atoms with E-state index in [0.717, 1.165) is 38.1 Å². The summed E-state index contributed by atoms with van der Waals surface area (Å²) in [6.07, 6.45) is 3.50. The summed E-state index contributed by atoms with van der Waals surface area (Å²) in [5.41, 5.74) is 2.12. The van der Waals surface area contributed by atoms with Crippen molar-refractivity contribution in [3.8, 4) is 0 Å². The molecule has 0 bridgehead atoms. The Bertz CT molecular complexity index is 403. The van der Waals surface area contributed by atoms with Crippen molar-refractivity contribution in [1.82, 2.24) is 5.32 Å². The van der Waals surface area contributed by atoms with E-state index in [0.29, 0.717) is 6.54 Å². The van der Waals surface area contributed by atoms with Crippen LogP contribution in [0.4, 0.5) is 5.69 Å². The Morgan fingerprint density at radius 2 is 2.10 bits per heavy atom. The van der Waals surface area contributed by atoms with E-state index in [9.17, 15) is 4.79 Å². The quantitative estimate of drug-likeness (QED) is 0.848. The van der Waals surface area contributed by atoms with Gasteiger partial charge >= 0.3 is 0 Å². The maximum atomic E-state index is 11.7. The smallest absolute Gasteiger partial charge is 0.238 e. The maximum absolute atomic E-state index is 11.7. The van der Waals surface area contributed by atoms with Gasteiger partial charge in [0.25, 0.3) is 0 Å². The summed E-state index contributed by atoms with van der Waals surface area (Å²) in [6, 6.07) is 7.96. The highest BCUT2D eigenvalue weighted by Gasteiger charge is 2.14. The normalized spacial score (nSPS) is 17.6. The number of hydrogen-bond acceptors (Lipinski definition) is 3. The predicted octanol–water partition coefficient (Wildman–Crippen LogP) is 2.38. The molecule has 1 atom stereocenters. The van der Waals surface area contributed by atoms with E-state index in [-0.39, 0.29) is 24.4 Å². The van der Waals surface area contributed by atoms with Crippen molar-refractivity contribution in [2.75, 3.05) is 25.0 Å². The standard InChI is InChI=1S/C15H22N2O2.ClH/c1-2-12-5-7-13(8-6-12)17-15(18)11-16-10-14-4-3-9-19-14;/h5-8,14,16H,2-4,9-11H2,1H3,(H,17,18);1H. The van der Waals surface area contributed by atoms with E-state index in [1.807, 2.05) is 24.3 Å². The van der Waals surface area contributed by atoms with E-state index in [1.165, 1.54) is 5.56 Å². The molecule has 2 N–H and O–H groups in total. The number of rotatable bonds is 6. The second kappa shape index (κ2) is 8.95. The minimum absolute atomic E-state index is 0. The molecular weight excluding hydrogens is 276 g/mol. The Morgan fingerprint density at radius 1 is 1.35 bits per heavy atom. The number of ether oxygens (including phenoxy) is 1. The lowest BCUT2D eigenvalue weighted by atomic mass is 10.1. The summed E-state index contributed by atoms with van der Waals surface area (Å²) in [7, 11) is 0. The minimum atomic E-state index is -0.0118. The molecule has 1 unspecified atom stereocenters. The molecule has 1 saturated heterocycles. The second-order valence-corrected chi connectivity index (χ2v) is 4.86. The van der Waals surface area contributed by atoms with Crippen molar-refractivity contribution >= 4 is 24.0 Å². The first-order valence-corrected chi connectivity index (χ1v) is 6.99. The van der Waals surface area contributed by atoms with Crippen molar-refractivity contribution in [2.24, 2.45) is 0 Å². The maximum Gasteiger partial charge on any atom is 0.238 e. The second-order valence-electron chi connectivity index (χ2n) is 4.86. The first-order valence-electron chi connectivity index (χ1n) is 6.99. The molecule has 1 aromatic carbocycles. The summed E-state index contributed by atoms with van der Waals surface area (Å²) < 4.78 is 5.48. The summed E-state index contributed by atoms with van der Waals surface area (Å²) >= 11 is 0. The Morgan fingerprint density at radius 3 is 2.70 bits per heavy atom. The third kappa shape index (κ3) is 5.49. The largest absolute Gasteiger partial charge is 0.377 e. The topological polar surface area (TPSA) is 50.4 Å². The van der Waals surface area contributed by atoms with Gasteiger partial charge < -0.3 is 15.4 Å². The van der Waals surface area contributed by atoms with Crippen LogP contribution in [-0.4, -0.2) is 31.7 Å². The molecule has 1 aromatic rings. The van der Waals surface area contributed by atoms with Gasteiger partial charge in [-0.05, 0) is 37.0 Å². The molecule has 0 aliphatic carbocycles. The van der Waals surface area contributed by atoms with Gasteiger partial charge in [-0.15, -0.1) is 12.4 Å². The van der Waals surface area contributed by atoms with Crippen LogP contribution >= 0.6 is 12.4 Å². The molecule has 1 aliphatic heterocycles. The van der Waals surface area contributed by atoms with E-state index in [1.54, 1.807) is 0 Å². The van der Waals surface area contributed by atoms with Gasteiger partial charge in [0.2, 0.25) is 5.91 Å². The summed E-state index contributed by atoms with van der Waals surface area (Å²) in [5.74, 6) is -0.0118. The molecule has 0 saturated carbocycles. The molecule has 0 spiro atoms. The zero-order valence-corrected chi connectivity index (χ0v) is 12.7. The van der Waals surface area contributed by atoms with Crippen molar-refractivity contribution in [3.05, 3.63) is 29.8 Å². The molecular formula is C15H23ClN2O2. The third-order valence-electron chi connectivity index (χ3n) is 3.33. The Hall–Kier alpha value is -1.10. The zero-order chi connectivity index (χ0) is 13.5. The zero-order valence-electron chi connectivity index (χ0n) is 11.9. The van der Waals surface area contributed by atoms with Crippen LogP contribution in [0.1, 0.15) is 25.3 Å². The number of hydrogen-bond donors (Lipinski definition) is 2. The van der Waals surface area contributed by atoms with Crippen LogP contribution in [0.15, 0.2) is 24.3 Å². The molecule has 0 aromatic heterocycles. The van der Waals surface area contributed by atoms with Gasteiger partial charge in [-0.2, -0.15) is 0 Å². The summed E-state index contributed by atoms with van der Waals surface area (Å²) in [4.78, 5) is 11.7. The predicted molar refractivity (Wildman–Crippen MR) is 83.5 cm³/mol. The number of benzene rings is 1. The summed E-state index contributed by atoms with van der Waals surface area (Å²) in [5, 5.41) is 6.01. The number of halogens is 1. The molecule has 20 heavy (non-hydrogen) atoms. The molecule has 4 nitrogen and oxygen atoms in total. The Kier molecular flexibility index (Phi) is 7.59. The van der Waals surface area contributed by atoms with Gasteiger partial charge in [-0.25, -0.2) is 0 Å². The fraction of sp³-hybridized carbons (Fsp3) is 0.533. The highest BCUT2D eigenvalue weighted by molar-refractivity contribution is 5.92. The van der Waals surface area contributed by atoms with Gasteiger partial charge in [-0.3, -0.25) is 4.79 Å². The lowest BCUT2D eigenvalue weighted by molar-refractivity contribution is -0.115. The van der Waals surface area contributed by atoms with Crippen LogP contribution in [0.5, 0.6) is 0 Å². The number of carbonyl (C=O) groups is 1. The highest BCUT2D eigenvalue weighted by Crippen LogP contribution is 2.11. The van der Waals surface area contributed by atoms with Gasteiger partial charge in [-0.1, -0.05) is 19.1 Å². The van der Waals surface area contributed by atoms with Crippen LogP contribution < -0.4 is 10.6 Å². The van der Waals surface area contributed by atoms with Crippen molar-refractivity contribution in [3.63, 3.8) is 0 Å². The van der Waals surface area contributed by atoms with Crippen LogP contribution in [-0.2, 0) is 16.0 Å². The van der Waals surface area contributed by atoms with Crippen LogP contribution in [0, 0.1) is 0 Å². The molecule has 5 heteroatoms. The van der Waals surface area contributed by atoms with E-state index < -0.39 is 0 Å². The van der Waals surface area contributed by atoms with Gasteiger partial charge in [0.1, 0.15) is 0 Å². The lowest BCUT2D eigenvalue weighted by Gasteiger charge is -2.11. The molecule has 1 fully saturated rings. The van der Waals surface area contributed by atoms with Crippen molar-refractivity contribution < 1.29 is 9.53 Å². The SMILES string of the molecule is CCc1ccc(NC(=O)CNCC2CCCO2)cc1.Cl. The molecule has 1 heterocycles. The monoisotopic (exact) mass is 298 g/mol. The Labute approximate surface area is 126 Å². The van der Waals surface area contributed by atoms with Gasteiger partial charge in [0.15, 0.2) is 0 Å². The minimum Gasteiger partial charge on any atom is -0.377 e. The summed E-state index contributed by atoms with van der Waals surface area (Å²) in [6.45, 7) is 4.04. The number of nitrogens with one attached hydrogen (secondary N) is 2. The molecule has 2 rings (SSSR count). The third-order valence-corrected chi connectivity index (χ3v) is 3.33. The number of aryl methyl sites for hydroxylation is 1. The van der Waals surface area contributed by atoms with E-state index in [4.69, 9.17) is 4.74 Å². The van der Waals surface area contributed by atoms with Gasteiger partial charge in [0, 0.05) is 18.8 Å². The van der Waals surface area contributed by atoms with Crippen LogP contribution in [0.25, 0.3) is 0 Å². The van der Waals surface area contributed by atoms with Crippen molar-refractivity contribution in [1.29, 1.82) is 0 Å². The molecule has 0 radical (unpaired) electrons. The fourth-order valence-corrected chi connectivity index (χ4v) is 2.18. The number of anilines is 1. The van der Waals surface area contributed by atoms with Crippen LogP contribution in [0.3, 0.4) is 0 Å². The van der Waals surface area contributed by atoms with Crippen LogP contribution in [0.2, 0.25) is 0 Å². The van der Waals surface area contributed by atoms with E-state index >= 15 is 0 Å². The van der Waals surface area contributed by atoms with E-state index in [2.05, 4.69) is 17.6 Å². The van der Waals surface area contributed by atoms with Crippen molar-refractivity contribution in [2.45, 2.75) is 32.3 Å². The van der Waals surface area contributed by atoms with Gasteiger partial charge in [0.05, 0.1) is 12.6 Å². The molecule has 1 aliphatic rings.